The van der Waals surface area contributed by atoms with Crippen molar-refractivity contribution >= 4 is 34.4 Å². The Morgan fingerprint density at radius 1 is 0.900 bits per heavy atom. The van der Waals surface area contributed by atoms with Crippen molar-refractivity contribution in [3.8, 4) is 5.69 Å². The molecule has 4 aromatic rings. The summed E-state index contributed by atoms with van der Waals surface area (Å²) in [5.74, 6) is 0. The molecule has 0 radical (unpaired) electrons. The van der Waals surface area contributed by atoms with Gasteiger partial charge in [0.1, 0.15) is 0 Å². The third-order valence-corrected chi connectivity index (χ3v) is 8.33. The molecule has 2 saturated heterocycles. The number of thiocarbonyl (C=S) groups is 1. The number of rotatable bonds is 6. The van der Waals surface area contributed by atoms with E-state index < -0.39 is 0 Å². The van der Waals surface area contributed by atoms with Crippen LogP contribution in [0, 0.1) is 13.8 Å². The molecule has 2 aromatic carbocycles. The summed E-state index contributed by atoms with van der Waals surface area (Å²) in [5, 5.41) is 4.32. The summed E-state index contributed by atoms with van der Waals surface area (Å²) < 4.78 is 7.88. The molecule has 206 valence electrons. The number of pyridine rings is 1. The van der Waals surface area contributed by atoms with Crippen molar-refractivity contribution in [2.75, 3.05) is 55.1 Å². The number of nitrogens with one attached hydrogen (secondary N) is 1. The number of nitrogens with zero attached hydrogens (tertiary/aromatic N) is 5. The Kier molecular flexibility index (Phi) is 7.21. The van der Waals surface area contributed by atoms with E-state index in [1.54, 1.807) is 0 Å². The van der Waals surface area contributed by atoms with Crippen LogP contribution in [0.25, 0.3) is 5.69 Å². The highest BCUT2D eigenvalue weighted by molar-refractivity contribution is 7.80. The molecule has 2 aromatic heterocycles. The summed E-state index contributed by atoms with van der Waals surface area (Å²) in [6, 6.07) is 25.7. The third-order valence-electron chi connectivity index (χ3n) is 8.02. The molecule has 0 amide bonds. The molecule has 0 aliphatic carbocycles. The number of hydrogen-bond donors (Lipinski definition) is 1. The topological polar surface area (TPSA) is 48.8 Å². The molecule has 2 atom stereocenters. The number of benzene rings is 2. The number of anilines is 3. The minimum Gasteiger partial charge on any atom is -0.378 e. The van der Waals surface area contributed by atoms with Gasteiger partial charge >= 0.3 is 0 Å². The molecule has 7 nitrogen and oxygen atoms in total. The van der Waals surface area contributed by atoms with Crippen molar-refractivity contribution in [3.05, 3.63) is 102 Å². The number of ether oxygens (including phenoxy) is 1. The second-order valence-electron chi connectivity index (χ2n) is 10.7. The minimum absolute atomic E-state index is 0.0577. The minimum atomic E-state index is -0.0855. The Bertz CT molecular complexity index is 1480. The molecule has 1 N–H and O–H groups in total. The van der Waals surface area contributed by atoms with E-state index in [4.69, 9.17) is 21.9 Å². The van der Waals surface area contributed by atoms with Crippen molar-refractivity contribution in [2.24, 2.45) is 0 Å². The van der Waals surface area contributed by atoms with Gasteiger partial charge in [0.05, 0.1) is 31.0 Å². The lowest BCUT2D eigenvalue weighted by Gasteiger charge is -2.31. The standard InChI is InChI=1S/C32H36N6OS/c1-22-21-28(23(2)37(22)26-12-8-24(9-13-26)35(3)4)31-30(29-7-5-6-16-33-29)34-32(40)38(31)27-14-10-25(11-15-27)36-17-19-39-20-18-36/h5-16,21,30-31H,17-20H2,1-4H3,(H,34,40)/t30-,31+/m1/s1. The van der Waals surface area contributed by atoms with Crippen LogP contribution in [0.5, 0.6) is 0 Å². The van der Waals surface area contributed by atoms with E-state index in [9.17, 15) is 0 Å². The zero-order valence-electron chi connectivity index (χ0n) is 23.5. The fraction of sp³-hybridized carbons (Fsp3) is 0.312. The molecule has 0 spiro atoms. The summed E-state index contributed by atoms with van der Waals surface area (Å²) in [6.45, 7) is 7.74. The van der Waals surface area contributed by atoms with Gasteiger partial charge in [-0.2, -0.15) is 0 Å². The first-order chi connectivity index (χ1) is 19.4. The molecule has 2 aliphatic heterocycles. The highest BCUT2D eigenvalue weighted by Gasteiger charge is 2.42. The van der Waals surface area contributed by atoms with Gasteiger partial charge in [0.15, 0.2) is 5.11 Å². The summed E-state index contributed by atoms with van der Waals surface area (Å²) in [6.07, 6.45) is 1.85. The Labute approximate surface area is 242 Å². The smallest absolute Gasteiger partial charge is 0.174 e. The van der Waals surface area contributed by atoms with Gasteiger partial charge in [0, 0.05) is 67.5 Å². The van der Waals surface area contributed by atoms with Gasteiger partial charge in [0.25, 0.3) is 0 Å². The predicted octanol–water partition coefficient (Wildman–Crippen LogP) is 5.57. The van der Waals surface area contributed by atoms with E-state index >= 15 is 0 Å². The fourth-order valence-electron chi connectivity index (χ4n) is 5.98. The van der Waals surface area contributed by atoms with E-state index in [-0.39, 0.29) is 12.1 Å². The van der Waals surface area contributed by atoms with Crippen molar-refractivity contribution in [2.45, 2.75) is 25.9 Å². The first-order valence-electron chi connectivity index (χ1n) is 13.8. The van der Waals surface area contributed by atoms with Crippen LogP contribution < -0.4 is 20.0 Å². The molecule has 0 unspecified atom stereocenters. The van der Waals surface area contributed by atoms with E-state index in [1.165, 1.54) is 28.3 Å². The van der Waals surface area contributed by atoms with Crippen LogP contribution in [0.2, 0.25) is 0 Å². The molecule has 4 heterocycles. The number of aromatic nitrogens is 2. The molecule has 2 aliphatic rings. The molecule has 0 bridgehead atoms. The van der Waals surface area contributed by atoms with Crippen LogP contribution in [0.3, 0.4) is 0 Å². The monoisotopic (exact) mass is 552 g/mol. The zero-order chi connectivity index (χ0) is 27.8. The average Bonchev–Trinajstić information content (AvgIpc) is 3.48. The lowest BCUT2D eigenvalue weighted by Crippen LogP contribution is -2.36. The maximum absolute atomic E-state index is 6.00. The summed E-state index contributed by atoms with van der Waals surface area (Å²) in [7, 11) is 4.13. The van der Waals surface area contributed by atoms with Gasteiger partial charge in [-0.3, -0.25) is 4.98 Å². The molecule has 6 rings (SSSR count). The van der Waals surface area contributed by atoms with Crippen molar-refractivity contribution < 1.29 is 4.74 Å². The molecular formula is C32H36N6OS. The molecule has 0 saturated carbocycles. The largest absolute Gasteiger partial charge is 0.378 e. The normalized spacial score (nSPS) is 19.1. The number of morpholine rings is 1. The average molecular weight is 553 g/mol. The molecule has 40 heavy (non-hydrogen) atoms. The van der Waals surface area contributed by atoms with E-state index in [0.717, 1.165) is 43.4 Å². The summed E-state index contributed by atoms with van der Waals surface area (Å²) >= 11 is 6.00. The number of aryl methyl sites for hydroxylation is 1. The first-order valence-corrected chi connectivity index (χ1v) is 14.2. The van der Waals surface area contributed by atoms with Crippen molar-refractivity contribution in [3.63, 3.8) is 0 Å². The Hall–Kier alpha value is -3.88. The van der Waals surface area contributed by atoms with Gasteiger partial charge in [-0.05, 0) is 98.4 Å². The van der Waals surface area contributed by atoms with Crippen LogP contribution in [0.15, 0.2) is 79.0 Å². The maximum Gasteiger partial charge on any atom is 0.174 e. The Balaban J connectivity index is 1.41. The maximum atomic E-state index is 6.00. The lowest BCUT2D eigenvalue weighted by molar-refractivity contribution is 0.122. The van der Waals surface area contributed by atoms with Gasteiger partial charge < -0.3 is 29.3 Å². The van der Waals surface area contributed by atoms with Crippen LogP contribution in [0.4, 0.5) is 17.1 Å². The van der Waals surface area contributed by atoms with Crippen molar-refractivity contribution in [1.29, 1.82) is 0 Å². The van der Waals surface area contributed by atoms with E-state index in [1.807, 2.05) is 18.3 Å². The lowest BCUT2D eigenvalue weighted by atomic mass is 9.96. The second kappa shape index (κ2) is 10.9. The fourth-order valence-corrected chi connectivity index (χ4v) is 6.32. The van der Waals surface area contributed by atoms with Crippen LogP contribution >= 0.6 is 12.2 Å². The van der Waals surface area contributed by atoms with Crippen molar-refractivity contribution in [1.82, 2.24) is 14.9 Å². The Morgan fingerprint density at radius 3 is 2.23 bits per heavy atom. The summed E-state index contributed by atoms with van der Waals surface area (Å²) in [5.41, 5.74) is 9.19. The quantitative estimate of drug-likeness (QED) is 0.314. The van der Waals surface area contributed by atoms with Gasteiger partial charge in [0.2, 0.25) is 0 Å². The SMILES string of the molecule is Cc1cc([C@H]2[C@@H](c3ccccn3)NC(=S)N2c2ccc(N3CCOCC3)cc2)c(C)n1-c1ccc(N(C)C)cc1. The second-order valence-corrected chi connectivity index (χ2v) is 11.1. The predicted molar refractivity (Wildman–Crippen MR) is 167 cm³/mol. The Morgan fingerprint density at radius 2 is 1.57 bits per heavy atom. The van der Waals surface area contributed by atoms with Gasteiger partial charge in [-0.25, -0.2) is 0 Å². The highest BCUT2D eigenvalue weighted by Crippen LogP contribution is 2.44. The first kappa shape index (κ1) is 26.3. The van der Waals surface area contributed by atoms with Crippen LogP contribution in [-0.4, -0.2) is 55.1 Å². The molecule has 8 heteroatoms. The van der Waals surface area contributed by atoms with E-state index in [0.29, 0.717) is 5.11 Å². The summed E-state index contributed by atoms with van der Waals surface area (Å²) in [4.78, 5) is 11.5. The zero-order valence-corrected chi connectivity index (χ0v) is 24.4. The molecule has 2 fully saturated rings. The molecular weight excluding hydrogens is 516 g/mol. The van der Waals surface area contributed by atoms with Gasteiger partial charge in [-0.15, -0.1) is 0 Å². The highest BCUT2D eigenvalue weighted by atomic mass is 32.1. The van der Waals surface area contributed by atoms with E-state index in [2.05, 4.69) is 113 Å². The van der Waals surface area contributed by atoms with Gasteiger partial charge in [-0.1, -0.05) is 6.07 Å². The number of hydrogen-bond acceptors (Lipinski definition) is 5. The van der Waals surface area contributed by atoms with Crippen LogP contribution in [-0.2, 0) is 4.74 Å². The van der Waals surface area contributed by atoms with Crippen LogP contribution in [0.1, 0.15) is 34.7 Å². The third kappa shape index (κ3) is 4.82.